The van der Waals surface area contributed by atoms with E-state index in [1.165, 1.54) is 12.1 Å². The topological polar surface area (TPSA) is 65.3 Å². The van der Waals surface area contributed by atoms with E-state index >= 15 is 0 Å². The van der Waals surface area contributed by atoms with Crippen molar-refractivity contribution in [3.05, 3.63) is 35.1 Å². The first-order chi connectivity index (χ1) is 6.93. The van der Waals surface area contributed by atoms with Crippen LogP contribution < -0.4 is 48.4 Å². The molecule has 0 fully saturated rings. The van der Waals surface area contributed by atoms with Crippen LogP contribution in [0.1, 0.15) is 13.8 Å². The predicted octanol–water partition coefficient (Wildman–Crippen LogP) is -4.26. The van der Waals surface area contributed by atoms with Gasteiger partial charge < -0.3 is 9.52 Å². The molecule has 0 heterocycles. The van der Waals surface area contributed by atoms with Crippen molar-refractivity contribution >= 4 is 15.9 Å². The summed E-state index contributed by atoms with van der Waals surface area (Å²) >= 11 is 0. The maximum Gasteiger partial charge on any atom is 1.00 e. The van der Waals surface area contributed by atoms with Crippen molar-refractivity contribution in [1.82, 2.24) is 0 Å². The molecule has 0 saturated heterocycles. The molecule has 0 radical (unpaired) electrons. The molecule has 0 aliphatic heterocycles. The van der Waals surface area contributed by atoms with Crippen LogP contribution in [-0.4, -0.2) is 14.3 Å². The summed E-state index contributed by atoms with van der Waals surface area (Å²) in [6.07, 6.45) is 0. The zero-order valence-corrected chi connectivity index (χ0v) is 13.3. The van der Waals surface area contributed by atoms with Gasteiger partial charge in [0.15, 0.2) is 0 Å². The van der Waals surface area contributed by atoms with Crippen LogP contribution in [0, 0.1) is 12.0 Å². The molecule has 17 heavy (non-hydrogen) atoms. The number of hydrogen-bond acceptors (Lipinski definition) is 3. The Morgan fingerprint density at radius 1 is 1.35 bits per heavy atom. The Bertz CT molecular complexity index is 448. The van der Waals surface area contributed by atoms with Gasteiger partial charge in [-0.2, -0.15) is 30.3 Å². The number of benzene rings is 1. The average Bonchev–Trinajstić information content (AvgIpc) is 2.18. The molecule has 0 N–H and O–H groups in total. The van der Waals surface area contributed by atoms with Crippen LogP contribution in [-0.2, 0) is 14.8 Å². The second-order valence-electron chi connectivity index (χ2n) is 3.29. The Kier molecular flexibility index (Phi) is 9.62. The van der Waals surface area contributed by atoms with Gasteiger partial charge in [0.05, 0.1) is 5.91 Å². The molecule has 4 nitrogen and oxygen atoms in total. The first-order valence-electron chi connectivity index (χ1n) is 4.42. The number of sulfonamides is 1. The molecule has 0 aliphatic carbocycles. The van der Waals surface area contributed by atoms with Gasteiger partial charge in [-0.3, -0.25) is 0 Å². The minimum absolute atomic E-state index is 0. The summed E-state index contributed by atoms with van der Waals surface area (Å²) in [5.74, 6) is -1.07. The molecule has 7 heteroatoms. The Labute approximate surface area is 136 Å². The van der Waals surface area contributed by atoms with Gasteiger partial charge in [0.1, 0.15) is 10.0 Å². The van der Waals surface area contributed by atoms with Crippen LogP contribution in [0.2, 0.25) is 0 Å². The molecule has 0 aliphatic rings. The van der Waals surface area contributed by atoms with Gasteiger partial charge in [0.25, 0.3) is 0 Å². The van der Waals surface area contributed by atoms with Crippen LogP contribution in [0.3, 0.4) is 0 Å². The van der Waals surface area contributed by atoms with E-state index in [0.29, 0.717) is 0 Å². The molecule has 82 valence electrons. The Hall–Kier alpha value is 0.237. The summed E-state index contributed by atoms with van der Waals surface area (Å²) in [6.45, 7) is 3.19. The maximum absolute atomic E-state index is 11.5. The van der Waals surface area contributed by atoms with E-state index in [9.17, 15) is 13.2 Å². The molecule has 1 rings (SSSR count). The van der Waals surface area contributed by atoms with Gasteiger partial charge in [-0.15, -0.1) is 0 Å². The normalized spacial score (nSPS) is 10.1. The van der Waals surface area contributed by atoms with Gasteiger partial charge in [-0.1, -0.05) is 18.7 Å². The first-order valence-corrected chi connectivity index (χ1v) is 5.86. The molecule has 0 aromatic heterocycles. The molecule has 1 aromatic carbocycles. The second kappa shape index (κ2) is 8.36. The number of amides is 1. The van der Waals surface area contributed by atoms with Crippen LogP contribution in [0.5, 0.6) is 0 Å². The summed E-state index contributed by atoms with van der Waals surface area (Å²) in [6, 6.07) is 8.53. The zero-order valence-electron chi connectivity index (χ0n) is 10.5. The maximum atomic E-state index is 11.5. The summed E-state index contributed by atoms with van der Waals surface area (Å²) < 4.78 is 26.2. The average molecular weight is 255 g/mol. The molecular weight excluding hydrogens is 244 g/mol. The summed E-state index contributed by atoms with van der Waals surface area (Å²) in [5.41, 5.74) is 0. The van der Waals surface area contributed by atoms with Crippen molar-refractivity contribution in [2.45, 2.75) is 18.7 Å². The minimum Gasteiger partial charge on any atom is -0.543 e. The van der Waals surface area contributed by atoms with Gasteiger partial charge in [-0.05, 0) is 5.92 Å². The fourth-order valence-electron chi connectivity index (χ4n) is 0.810. The van der Waals surface area contributed by atoms with E-state index < -0.39 is 21.8 Å². The van der Waals surface area contributed by atoms with E-state index in [-0.39, 0.29) is 53.3 Å². The fourth-order valence-corrected chi connectivity index (χ4v) is 1.82. The monoisotopic (exact) mass is 255 g/mol. The molecule has 0 bridgehead atoms. The number of rotatable bonds is 3. The third kappa shape index (κ3) is 6.10. The Morgan fingerprint density at radius 2 is 1.94 bits per heavy atom. The molecule has 1 amide bonds. The van der Waals surface area contributed by atoms with Gasteiger partial charge >= 0.3 is 48.4 Å². The van der Waals surface area contributed by atoms with E-state index in [0.717, 1.165) is 0 Å². The van der Waals surface area contributed by atoms with Gasteiger partial charge in [0.2, 0.25) is 0 Å². The summed E-state index contributed by atoms with van der Waals surface area (Å²) in [7, 11) is -3.88. The predicted molar refractivity (Wildman–Crippen MR) is 55.7 cm³/mol. The molecule has 0 atom stereocenters. The fraction of sp³-hybridized carbons (Fsp3) is 0.300. The Balaban J connectivity index is 0. The zero-order chi connectivity index (χ0) is 11.5. The van der Waals surface area contributed by atoms with E-state index in [2.05, 4.69) is 10.8 Å². The summed E-state index contributed by atoms with van der Waals surface area (Å²) in [5, 5.41) is 0. The first kappa shape index (κ1) is 19.6. The van der Waals surface area contributed by atoms with E-state index in [1.54, 1.807) is 26.0 Å². The molecule has 0 unspecified atom stereocenters. The van der Waals surface area contributed by atoms with Crippen molar-refractivity contribution < 1.29 is 61.6 Å². The number of hydrogen-bond donors (Lipinski definition) is 0. The van der Waals surface area contributed by atoms with Crippen molar-refractivity contribution in [1.29, 1.82) is 0 Å². The van der Waals surface area contributed by atoms with Crippen molar-refractivity contribution in [3.8, 4) is 0 Å². The molecule has 0 saturated carbocycles. The van der Waals surface area contributed by atoms with E-state index in [4.69, 9.17) is 0 Å². The van der Waals surface area contributed by atoms with E-state index in [1.807, 2.05) is 0 Å². The van der Waals surface area contributed by atoms with Crippen molar-refractivity contribution in [2.75, 3.05) is 0 Å². The van der Waals surface area contributed by atoms with Gasteiger partial charge in [0, 0.05) is 0 Å². The standard InChI is InChI=1S/C10H12NO3S.Li.Na/c1-8(2)10(12)11-15(13,14)9-6-4-3-5-7-9;;/h3-6,8H,1-2H3,(H,11,12);;/q-1;2*+1/p-1. The minimum atomic E-state index is -3.88. The Morgan fingerprint density at radius 3 is 2.35 bits per heavy atom. The number of nitrogens with zero attached hydrogens (tertiary/aromatic N) is 1. The van der Waals surface area contributed by atoms with Crippen LogP contribution in [0.15, 0.2) is 29.2 Å². The second-order valence-corrected chi connectivity index (χ2v) is 4.86. The third-order valence-corrected chi connectivity index (χ3v) is 2.89. The van der Waals surface area contributed by atoms with Gasteiger partial charge in [-0.25, -0.2) is 8.42 Å². The SMILES string of the molecule is CC(C)C(=O)[N-]S(=O)(=O)c1[c-]cccc1.[Li+].[Na+]. The summed E-state index contributed by atoms with van der Waals surface area (Å²) in [4.78, 5) is 11.1. The van der Waals surface area contributed by atoms with Crippen LogP contribution in [0.4, 0.5) is 0 Å². The number of carbonyl (C=O) groups is 1. The van der Waals surface area contributed by atoms with Crippen molar-refractivity contribution in [2.24, 2.45) is 5.92 Å². The molecule has 0 spiro atoms. The number of carbonyl (C=O) groups excluding carboxylic acids is 1. The van der Waals surface area contributed by atoms with Crippen molar-refractivity contribution in [3.63, 3.8) is 0 Å². The largest absolute Gasteiger partial charge is 1.00 e. The van der Waals surface area contributed by atoms with Crippen LogP contribution >= 0.6 is 0 Å². The third-order valence-electron chi connectivity index (χ3n) is 1.66. The smallest absolute Gasteiger partial charge is 0.543 e. The molecule has 1 aromatic rings. The van der Waals surface area contributed by atoms with Crippen LogP contribution in [0.25, 0.3) is 4.72 Å². The molecular formula is C10H11LiNNaO3S. The quantitative estimate of drug-likeness (QED) is 0.406.